The smallest absolute Gasteiger partial charge is 0.146 e. The van der Waals surface area contributed by atoms with E-state index in [1.54, 1.807) is 0 Å². The first-order chi connectivity index (χ1) is 25.8. The van der Waals surface area contributed by atoms with Gasteiger partial charge in [-0.1, -0.05) is 170 Å². The van der Waals surface area contributed by atoms with E-state index in [2.05, 4.69) is 199 Å². The monoisotopic (exact) mass is 660 g/mol. The molecule has 9 aromatic rings. The Labute approximate surface area is 302 Å². The quantitative estimate of drug-likeness (QED) is 0.175. The fourth-order valence-corrected chi connectivity index (χ4v) is 9.18. The van der Waals surface area contributed by atoms with E-state index in [4.69, 9.17) is 4.98 Å². The van der Waals surface area contributed by atoms with Crippen LogP contribution in [0.5, 0.6) is 0 Å². The highest BCUT2D eigenvalue weighted by atomic mass is 15.2. The van der Waals surface area contributed by atoms with Crippen LogP contribution in [-0.2, 0) is 5.41 Å². The summed E-state index contributed by atoms with van der Waals surface area (Å²) in [7, 11) is 0. The van der Waals surface area contributed by atoms with E-state index in [1.807, 2.05) is 0 Å². The molecule has 1 heterocycles. The molecule has 2 aliphatic carbocycles. The predicted octanol–water partition coefficient (Wildman–Crippen LogP) is 12.9. The number of anilines is 3. The SMILES string of the molecule is c1ccc(-c2ccc(N(c3cccc4c3-c3ccccc3C43c4ccccc4-c4ccccc43)c3nc4ccccc4c4ccccc34)cc2)cc1. The van der Waals surface area contributed by atoms with E-state index in [-0.39, 0.29) is 0 Å². The van der Waals surface area contributed by atoms with Crippen molar-refractivity contribution in [3.05, 3.63) is 216 Å². The molecule has 242 valence electrons. The molecule has 11 rings (SSSR count). The van der Waals surface area contributed by atoms with Gasteiger partial charge in [-0.15, -0.1) is 0 Å². The third-order valence-corrected chi connectivity index (χ3v) is 11.3. The molecule has 0 saturated heterocycles. The second kappa shape index (κ2) is 11.1. The van der Waals surface area contributed by atoms with Crippen LogP contribution in [-0.4, -0.2) is 4.98 Å². The van der Waals surface area contributed by atoms with Crippen LogP contribution in [0.15, 0.2) is 194 Å². The number of fused-ring (bicyclic) bond motifs is 13. The molecular weight excluding hydrogens is 629 g/mol. The van der Waals surface area contributed by atoms with Gasteiger partial charge in [0.1, 0.15) is 5.82 Å². The molecule has 0 atom stereocenters. The largest absolute Gasteiger partial charge is 0.294 e. The summed E-state index contributed by atoms with van der Waals surface area (Å²) in [6, 6.07) is 70.8. The average molecular weight is 661 g/mol. The van der Waals surface area contributed by atoms with Gasteiger partial charge in [0.05, 0.1) is 16.6 Å². The summed E-state index contributed by atoms with van der Waals surface area (Å²) in [5.74, 6) is 0.917. The van der Waals surface area contributed by atoms with E-state index < -0.39 is 5.41 Å². The highest BCUT2D eigenvalue weighted by Gasteiger charge is 2.52. The maximum atomic E-state index is 5.51. The lowest BCUT2D eigenvalue weighted by Gasteiger charge is -2.32. The lowest BCUT2D eigenvalue weighted by Crippen LogP contribution is -2.26. The van der Waals surface area contributed by atoms with Crippen LogP contribution in [0.2, 0.25) is 0 Å². The molecule has 8 aromatic carbocycles. The predicted molar refractivity (Wildman–Crippen MR) is 216 cm³/mol. The minimum Gasteiger partial charge on any atom is -0.294 e. The van der Waals surface area contributed by atoms with Gasteiger partial charge in [0, 0.05) is 22.0 Å². The number of pyridine rings is 1. The number of rotatable bonds is 4. The van der Waals surface area contributed by atoms with Crippen molar-refractivity contribution in [3.8, 4) is 33.4 Å². The minimum atomic E-state index is -0.434. The zero-order chi connectivity index (χ0) is 34.2. The van der Waals surface area contributed by atoms with Crippen molar-refractivity contribution in [3.63, 3.8) is 0 Å². The number of benzene rings is 8. The van der Waals surface area contributed by atoms with Gasteiger partial charge in [0.25, 0.3) is 0 Å². The lowest BCUT2D eigenvalue weighted by molar-refractivity contribution is 0.793. The maximum absolute atomic E-state index is 5.51. The van der Waals surface area contributed by atoms with E-state index in [9.17, 15) is 0 Å². The summed E-state index contributed by atoms with van der Waals surface area (Å²) in [4.78, 5) is 7.91. The lowest BCUT2D eigenvalue weighted by atomic mass is 9.70. The maximum Gasteiger partial charge on any atom is 0.146 e. The topological polar surface area (TPSA) is 16.1 Å². The van der Waals surface area contributed by atoms with E-state index in [0.717, 1.165) is 33.5 Å². The summed E-state index contributed by atoms with van der Waals surface area (Å²) in [5.41, 5.74) is 15.5. The molecule has 0 N–H and O–H groups in total. The van der Waals surface area contributed by atoms with Gasteiger partial charge < -0.3 is 0 Å². The molecule has 0 amide bonds. The molecular formula is C50H32N2. The normalized spacial score (nSPS) is 13.2. The summed E-state index contributed by atoms with van der Waals surface area (Å²) >= 11 is 0. The van der Waals surface area contributed by atoms with Crippen LogP contribution in [0.4, 0.5) is 17.2 Å². The van der Waals surface area contributed by atoms with Crippen LogP contribution in [0.3, 0.4) is 0 Å². The Morgan fingerprint density at radius 1 is 0.365 bits per heavy atom. The first-order valence-electron chi connectivity index (χ1n) is 18.0. The molecule has 0 unspecified atom stereocenters. The summed E-state index contributed by atoms with van der Waals surface area (Å²) < 4.78 is 0. The Balaban J connectivity index is 1.24. The molecule has 0 bridgehead atoms. The van der Waals surface area contributed by atoms with Crippen molar-refractivity contribution in [1.29, 1.82) is 0 Å². The molecule has 52 heavy (non-hydrogen) atoms. The minimum absolute atomic E-state index is 0.434. The van der Waals surface area contributed by atoms with Crippen molar-refractivity contribution < 1.29 is 0 Å². The van der Waals surface area contributed by atoms with Gasteiger partial charge >= 0.3 is 0 Å². The molecule has 0 aliphatic heterocycles. The van der Waals surface area contributed by atoms with Gasteiger partial charge in [-0.3, -0.25) is 4.90 Å². The third-order valence-electron chi connectivity index (χ3n) is 11.3. The number of hydrogen-bond donors (Lipinski definition) is 0. The van der Waals surface area contributed by atoms with Crippen LogP contribution in [0.1, 0.15) is 22.3 Å². The fourth-order valence-electron chi connectivity index (χ4n) is 9.18. The summed E-state index contributed by atoms with van der Waals surface area (Å²) in [6.07, 6.45) is 0. The third kappa shape index (κ3) is 3.92. The van der Waals surface area contributed by atoms with Crippen molar-refractivity contribution in [2.75, 3.05) is 4.90 Å². The van der Waals surface area contributed by atoms with Gasteiger partial charge in [0.2, 0.25) is 0 Å². The molecule has 2 nitrogen and oxygen atoms in total. The molecule has 1 aromatic heterocycles. The highest BCUT2D eigenvalue weighted by Crippen LogP contribution is 2.64. The summed E-state index contributed by atoms with van der Waals surface area (Å²) in [6.45, 7) is 0. The van der Waals surface area contributed by atoms with Crippen molar-refractivity contribution >= 4 is 38.9 Å². The zero-order valence-electron chi connectivity index (χ0n) is 28.4. The number of hydrogen-bond acceptors (Lipinski definition) is 2. The van der Waals surface area contributed by atoms with Crippen LogP contribution in [0.25, 0.3) is 55.1 Å². The van der Waals surface area contributed by atoms with Crippen LogP contribution >= 0.6 is 0 Å². The molecule has 2 heteroatoms. The standard InChI is InChI=1S/C50H32N2/c1-2-15-33(16-3-1)34-29-31-35(32-30-34)52(49-40-21-5-4-17-36(40)39-20-9-13-27-46(39)51-49)47-28-14-26-45-48(47)41-22-8-12-25-44(41)50(45)42-23-10-6-18-37(42)38-19-7-11-24-43(38)50/h1-32H. The van der Waals surface area contributed by atoms with Gasteiger partial charge in [0.15, 0.2) is 0 Å². The number of nitrogens with zero attached hydrogens (tertiary/aromatic N) is 2. The van der Waals surface area contributed by atoms with Crippen LogP contribution < -0.4 is 4.90 Å². The van der Waals surface area contributed by atoms with Crippen molar-refractivity contribution in [2.24, 2.45) is 0 Å². The van der Waals surface area contributed by atoms with Gasteiger partial charge in [-0.25, -0.2) is 4.98 Å². The Bertz CT molecular complexity index is 2810. The number of para-hydroxylation sites is 1. The Kier molecular flexibility index (Phi) is 6.20. The fraction of sp³-hybridized carbons (Fsp3) is 0.0200. The number of aromatic nitrogens is 1. The first-order valence-corrected chi connectivity index (χ1v) is 18.0. The van der Waals surface area contributed by atoms with Gasteiger partial charge in [-0.2, -0.15) is 0 Å². The van der Waals surface area contributed by atoms with E-state index >= 15 is 0 Å². The first kappa shape index (κ1) is 29.0. The average Bonchev–Trinajstić information content (AvgIpc) is 3.70. The van der Waals surface area contributed by atoms with Crippen molar-refractivity contribution in [2.45, 2.75) is 5.41 Å². The molecule has 0 fully saturated rings. The Morgan fingerprint density at radius 2 is 0.885 bits per heavy atom. The van der Waals surface area contributed by atoms with Crippen molar-refractivity contribution in [1.82, 2.24) is 4.98 Å². The summed E-state index contributed by atoms with van der Waals surface area (Å²) in [5, 5.41) is 3.46. The zero-order valence-corrected chi connectivity index (χ0v) is 28.4. The molecule has 1 spiro atoms. The Morgan fingerprint density at radius 3 is 1.60 bits per heavy atom. The Hall–Kier alpha value is -6.77. The van der Waals surface area contributed by atoms with Crippen LogP contribution in [0, 0.1) is 0 Å². The highest BCUT2D eigenvalue weighted by molar-refractivity contribution is 6.12. The molecule has 0 radical (unpaired) electrons. The second-order valence-electron chi connectivity index (χ2n) is 13.8. The van der Waals surface area contributed by atoms with E-state index in [0.29, 0.717) is 0 Å². The van der Waals surface area contributed by atoms with Gasteiger partial charge in [-0.05, 0) is 79.7 Å². The molecule has 0 saturated carbocycles. The molecule has 2 aliphatic rings. The van der Waals surface area contributed by atoms with E-state index in [1.165, 1.54) is 61.0 Å². The second-order valence-corrected chi connectivity index (χ2v) is 13.8.